The molecule has 5 N–H and O–H groups in total. The van der Waals surface area contributed by atoms with Crippen molar-refractivity contribution < 1.29 is 13.5 Å². The predicted octanol–water partition coefficient (Wildman–Crippen LogP) is -0.151. The Balaban J connectivity index is 0.000000252. The van der Waals surface area contributed by atoms with Crippen LogP contribution < -0.4 is 10.3 Å². The van der Waals surface area contributed by atoms with Crippen molar-refractivity contribution in [3.05, 3.63) is 29.8 Å². The van der Waals surface area contributed by atoms with Gasteiger partial charge in [0.15, 0.2) is 0 Å². The molecule has 0 atom stereocenters. The van der Waals surface area contributed by atoms with E-state index in [1.807, 2.05) is 19.1 Å². The summed E-state index contributed by atoms with van der Waals surface area (Å²) in [6.45, 7) is 1.99. The molecule has 0 aliphatic heterocycles. The van der Waals surface area contributed by atoms with Gasteiger partial charge in [0, 0.05) is 0 Å². The largest absolute Gasteiger partial charge is 0.508 e. The molecule has 1 aromatic carbocycles. The molecule has 1 rings (SSSR count). The average molecular weight is 204 g/mol. The van der Waals surface area contributed by atoms with Gasteiger partial charge in [0.1, 0.15) is 5.75 Å². The van der Waals surface area contributed by atoms with Crippen molar-refractivity contribution in [2.75, 3.05) is 0 Å². The van der Waals surface area contributed by atoms with Crippen LogP contribution in [0.3, 0.4) is 0 Å². The van der Waals surface area contributed by atoms with Crippen molar-refractivity contribution in [1.82, 2.24) is 0 Å². The van der Waals surface area contributed by atoms with E-state index in [1.165, 1.54) is 5.56 Å². The van der Waals surface area contributed by atoms with Gasteiger partial charge in [-0.2, -0.15) is 8.42 Å². The van der Waals surface area contributed by atoms with Gasteiger partial charge in [0.05, 0.1) is 0 Å². The highest BCUT2D eigenvalue weighted by Crippen LogP contribution is 2.07. The highest BCUT2D eigenvalue weighted by molar-refractivity contribution is 7.86. The number of rotatable bonds is 0. The summed E-state index contributed by atoms with van der Waals surface area (Å²) >= 11 is 0. The summed E-state index contributed by atoms with van der Waals surface area (Å²) in [5.74, 6) is 0.329. The van der Waals surface area contributed by atoms with E-state index in [9.17, 15) is 8.42 Å². The van der Waals surface area contributed by atoms with E-state index in [1.54, 1.807) is 12.1 Å². The van der Waals surface area contributed by atoms with Gasteiger partial charge >= 0.3 is 0 Å². The number of nitrogens with two attached hydrogens (primary N) is 2. The maximum Gasteiger partial charge on any atom is 0.271 e. The maximum atomic E-state index is 9.19. The summed E-state index contributed by atoms with van der Waals surface area (Å²) in [7, 11) is -3.67. The van der Waals surface area contributed by atoms with E-state index in [4.69, 9.17) is 5.11 Å². The minimum absolute atomic E-state index is 0.329. The first-order chi connectivity index (χ1) is 5.79. The molecule has 74 valence electrons. The van der Waals surface area contributed by atoms with Gasteiger partial charge in [0.2, 0.25) is 0 Å². The Morgan fingerprint density at radius 2 is 1.46 bits per heavy atom. The van der Waals surface area contributed by atoms with E-state index < -0.39 is 10.2 Å². The molecule has 0 spiro atoms. The van der Waals surface area contributed by atoms with Gasteiger partial charge in [-0.25, -0.2) is 10.3 Å². The molecule has 0 fully saturated rings. The first-order valence-corrected chi connectivity index (χ1v) is 4.96. The highest BCUT2D eigenvalue weighted by Gasteiger charge is 1.82. The molecule has 0 amide bonds. The molecule has 0 saturated carbocycles. The molecule has 0 aliphatic rings. The van der Waals surface area contributed by atoms with Gasteiger partial charge < -0.3 is 5.11 Å². The van der Waals surface area contributed by atoms with E-state index >= 15 is 0 Å². The van der Waals surface area contributed by atoms with Crippen LogP contribution in [0.5, 0.6) is 5.75 Å². The van der Waals surface area contributed by atoms with Crippen molar-refractivity contribution in [3.8, 4) is 5.75 Å². The van der Waals surface area contributed by atoms with Gasteiger partial charge in [-0.15, -0.1) is 0 Å². The second-order valence-corrected chi connectivity index (χ2v) is 3.60. The molecular formula is C7H12N2O3S. The van der Waals surface area contributed by atoms with Gasteiger partial charge in [-0.3, -0.25) is 0 Å². The Bertz CT molecular complexity index is 316. The van der Waals surface area contributed by atoms with Gasteiger partial charge in [0.25, 0.3) is 10.2 Å². The van der Waals surface area contributed by atoms with Crippen molar-refractivity contribution >= 4 is 10.2 Å². The second kappa shape index (κ2) is 4.80. The predicted molar refractivity (Wildman–Crippen MR) is 50.1 cm³/mol. The van der Waals surface area contributed by atoms with Gasteiger partial charge in [-0.05, 0) is 19.1 Å². The number of aromatic hydroxyl groups is 1. The third-order valence-electron chi connectivity index (χ3n) is 1.03. The van der Waals surface area contributed by atoms with Crippen LogP contribution in [-0.2, 0) is 10.2 Å². The van der Waals surface area contributed by atoms with Crippen molar-refractivity contribution in [1.29, 1.82) is 0 Å². The van der Waals surface area contributed by atoms with Crippen LogP contribution in [0.15, 0.2) is 24.3 Å². The summed E-state index contributed by atoms with van der Waals surface area (Å²) in [5, 5.41) is 17.0. The molecular weight excluding hydrogens is 192 g/mol. The van der Waals surface area contributed by atoms with E-state index in [-0.39, 0.29) is 0 Å². The molecule has 0 aliphatic carbocycles. The number of aryl methyl sites for hydroxylation is 1. The average Bonchev–Trinajstić information content (AvgIpc) is 1.92. The fourth-order valence-corrected chi connectivity index (χ4v) is 0.545. The van der Waals surface area contributed by atoms with Crippen LogP contribution in [0, 0.1) is 6.92 Å². The van der Waals surface area contributed by atoms with Crippen LogP contribution in [0.2, 0.25) is 0 Å². The molecule has 5 nitrogen and oxygen atoms in total. The SMILES string of the molecule is Cc1ccc(O)cc1.NS(N)(=O)=O. The standard InChI is InChI=1S/C7H8O.H4N2O2S/c1-6-2-4-7(8)5-3-6;1-5(2,3)4/h2-5,8H,1H3;(H4,1,2,3,4). The number of hydrogen-bond donors (Lipinski definition) is 3. The smallest absolute Gasteiger partial charge is 0.271 e. The Labute approximate surface area is 77.2 Å². The topological polar surface area (TPSA) is 106 Å². The Kier molecular flexibility index (Phi) is 4.39. The lowest BCUT2D eigenvalue weighted by Crippen LogP contribution is -2.21. The summed E-state index contributed by atoms with van der Waals surface area (Å²) in [6, 6.07) is 7.09. The molecule has 6 heteroatoms. The zero-order chi connectivity index (χ0) is 10.5. The zero-order valence-electron chi connectivity index (χ0n) is 7.14. The lowest BCUT2D eigenvalue weighted by molar-refractivity contribution is 0.475. The number of phenolic OH excluding ortho intramolecular Hbond substituents is 1. The molecule has 1 aromatic rings. The van der Waals surface area contributed by atoms with Crippen molar-refractivity contribution in [3.63, 3.8) is 0 Å². The zero-order valence-corrected chi connectivity index (χ0v) is 7.95. The summed E-state index contributed by atoms with van der Waals surface area (Å²) in [5.41, 5.74) is 1.17. The number of benzene rings is 1. The first-order valence-electron chi connectivity index (χ1n) is 3.35. The minimum Gasteiger partial charge on any atom is -0.508 e. The second-order valence-electron chi connectivity index (χ2n) is 2.42. The van der Waals surface area contributed by atoms with Crippen LogP contribution in [0.25, 0.3) is 0 Å². The minimum atomic E-state index is -3.67. The van der Waals surface area contributed by atoms with Crippen molar-refractivity contribution in [2.45, 2.75) is 6.92 Å². The third-order valence-corrected chi connectivity index (χ3v) is 1.03. The Morgan fingerprint density at radius 1 is 1.15 bits per heavy atom. The normalized spacial score (nSPS) is 10.1. The highest BCUT2D eigenvalue weighted by atomic mass is 32.2. The Morgan fingerprint density at radius 3 is 1.69 bits per heavy atom. The number of hydrogen-bond acceptors (Lipinski definition) is 3. The summed E-state index contributed by atoms with van der Waals surface area (Å²) in [6.07, 6.45) is 0. The summed E-state index contributed by atoms with van der Waals surface area (Å²) < 4.78 is 18.4. The van der Waals surface area contributed by atoms with Crippen LogP contribution in [0.4, 0.5) is 0 Å². The fraction of sp³-hybridized carbons (Fsp3) is 0.143. The van der Waals surface area contributed by atoms with E-state index in [0.29, 0.717) is 5.75 Å². The first kappa shape index (κ1) is 11.9. The molecule has 0 heterocycles. The monoisotopic (exact) mass is 204 g/mol. The third kappa shape index (κ3) is 10.9. The fourth-order valence-electron chi connectivity index (χ4n) is 0.545. The molecule has 0 radical (unpaired) electrons. The molecule has 0 saturated heterocycles. The van der Waals surface area contributed by atoms with E-state index in [2.05, 4.69) is 10.3 Å². The van der Waals surface area contributed by atoms with Crippen LogP contribution in [-0.4, -0.2) is 13.5 Å². The van der Waals surface area contributed by atoms with Crippen molar-refractivity contribution in [2.24, 2.45) is 10.3 Å². The molecule has 13 heavy (non-hydrogen) atoms. The molecule has 0 aromatic heterocycles. The quantitative estimate of drug-likeness (QED) is 0.547. The lowest BCUT2D eigenvalue weighted by atomic mass is 10.2. The summed E-state index contributed by atoms with van der Waals surface area (Å²) in [4.78, 5) is 0. The van der Waals surface area contributed by atoms with Crippen LogP contribution in [0.1, 0.15) is 5.56 Å². The molecule has 0 unspecified atom stereocenters. The lowest BCUT2D eigenvalue weighted by Gasteiger charge is -1.89. The maximum absolute atomic E-state index is 9.19. The van der Waals surface area contributed by atoms with Gasteiger partial charge in [-0.1, -0.05) is 17.7 Å². The number of phenols is 1. The van der Waals surface area contributed by atoms with Crippen LogP contribution >= 0.6 is 0 Å². The molecule has 0 bridgehead atoms. The Hall–Kier alpha value is -1.11. The van der Waals surface area contributed by atoms with E-state index in [0.717, 1.165) is 0 Å².